The number of methoxy groups -OCH3 is 1. The zero-order valence-corrected chi connectivity index (χ0v) is 28.7. The number of nitrogens with one attached hydrogen (secondary N) is 2. The lowest BCUT2D eigenvalue weighted by Gasteiger charge is -2.18. The molecule has 6 rings (SSSR count). The first kappa shape index (κ1) is 32.9. The summed E-state index contributed by atoms with van der Waals surface area (Å²) in [5, 5.41) is 0. The van der Waals surface area contributed by atoms with E-state index in [0.29, 0.717) is 28.8 Å². The van der Waals surface area contributed by atoms with Crippen molar-refractivity contribution in [3.8, 4) is 0 Å². The van der Waals surface area contributed by atoms with Gasteiger partial charge in [-0.25, -0.2) is 4.98 Å². The molecule has 0 fully saturated rings. The van der Waals surface area contributed by atoms with E-state index in [2.05, 4.69) is 43.4 Å². The highest BCUT2D eigenvalue weighted by Crippen LogP contribution is 2.48. The molecule has 0 radical (unpaired) electrons. The summed E-state index contributed by atoms with van der Waals surface area (Å²) in [5.74, 6) is -2.86. The predicted octanol–water partition coefficient (Wildman–Crippen LogP) is 8.16. The van der Waals surface area contributed by atoms with Gasteiger partial charge in [0.05, 0.1) is 29.7 Å². The molecule has 0 saturated heterocycles. The average Bonchev–Trinajstić information content (AvgIpc) is 3.80. The molecule has 0 amide bonds. The maximum absolute atomic E-state index is 14.2. The molecule has 9 heteroatoms. The van der Waals surface area contributed by atoms with Crippen LogP contribution in [0.25, 0.3) is 39.3 Å². The number of H-pyrrole nitrogens is 2. The van der Waals surface area contributed by atoms with Gasteiger partial charge in [-0.1, -0.05) is 38.7 Å². The molecule has 3 aromatic heterocycles. The minimum Gasteiger partial charge on any atom is -0.468 e. The van der Waals surface area contributed by atoms with E-state index in [1.54, 1.807) is 6.08 Å². The second kappa shape index (κ2) is 12.9. The Morgan fingerprint density at radius 2 is 1.75 bits per heavy atom. The second-order valence-electron chi connectivity index (χ2n) is 12.7. The summed E-state index contributed by atoms with van der Waals surface area (Å²) in [7, 11) is 1.29. The normalized spacial score (nSPS) is 18.6. The van der Waals surface area contributed by atoms with Crippen molar-refractivity contribution in [2.75, 3.05) is 13.7 Å². The van der Waals surface area contributed by atoms with E-state index >= 15 is 0 Å². The van der Waals surface area contributed by atoms with Gasteiger partial charge in [0.15, 0.2) is 5.78 Å². The van der Waals surface area contributed by atoms with Crippen molar-refractivity contribution in [3.05, 3.63) is 87.5 Å². The summed E-state index contributed by atoms with van der Waals surface area (Å²) in [4.78, 5) is 57.6. The molecule has 2 N–H and O–H groups in total. The van der Waals surface area contributed by atoms with Crippen molar-refractivity contribution >= 4 is 57.0 Å². The van der Waals surface area contributed by atoms with E-state index in [1.165, 1.54) is 7.11 Å². The van der Waals surface area contributed by atoms with Crippen molar-refractivity contribution in [2.45, 2.75) is 78.6 Å². The number of carbonyl (C=O) groups excluding carboxylic acids is 3. The van der Waals surface area contributed by atoms with Gasteiger partial charge in [0, 0.05) is 57.2 Å². The number of rotatable bonds is 8. The number of ether oxygens (including phenoxy) is 2. The molecule has 248 valence electrons. The molecule has 0 aromatic carbocycles. The zero-order chi connectivity index (χ0) is 34.4. The van der Waals surface area contributed by atoms with Crippen LogP contribution >= 0.6 is 0 Å². The van der Waals surface area contributed by atoms with Gasteiger partial charge in [-0.2, -0.15) is 0 Å². The van der Waals surface area contributed by atoms with Gasteiger partial charge in [0.1, 0.15) is 12.5 Å². The minimum absolute atomic E-state index is 0.137. The van der Waals surface area contributed by atoms with Crippen LogP contribution in [-0.4, -0.2) is 51.4 Å². The summed E-state index contributed by atoms with van der Waals surface area (Å²) >= 11 is 0. The fraction of sp³-hybridized carbons (Fsp3) is 0.359. The van der Waals surface area contributed by atoms with Gasteiger partial charge in [0.25, 0.3) is 0 Å². The molecule has 48 heavy (non-hydrogen) atoms. The molecule has 2 unspecified atom stereocenters. The third-order valence-corrected chi connectivity index (χ3v) is 10.1. The third kappa shape index (κ3) is 5.31. The lowest BCUT2D eigenvalue weighted by molar-refractivity contribution is -0.143. The van der Waals surface area contributed by atoms with Gasteiger partial charge in [-0.15, -0.1) is 0 Å². The predicted molar refractivity (Wildman–Crippen MR) is 189 cm³/mol. The van der Waals surface area contributed by atoms with E-state index in [-0.39, 0.29) is 36.6 Å². The van der Waals surface area contributed by atoms with Crippen LogP contribution in [0.2, 0.25) is 0 Å². The van der Waals surface area contributed by atoms with Crippen LogP contribution in [0.3, 0.4) is 0 Å². The highest BCUT2D eigenvalue weighted by atomic mass is 16.5. The fourth-order valence-electron chi connectivity index (χ4n) is 7.40. The molecule has 0 saturated carbocycles. The topological polar surface area (TPSA) is 127 Å². The van der Waals surface area contributed by atoms with Gasteiger partial charge >= 0.3 is 11.9 Å². The van der Waals surface area contributed by atoms with Crippen molar-refractivity contribution < 1.29 is 23.9 Å². The number of ketones is 1. The van der Waals surface area contributed by atoms with Crippen LogP contribution in [-0.2, 0) is 19.1 Å². The van der Waals surface area contributed by atoms with Crippen LogP contribution in [0.15, 0.2) is 36.9 Å². The Kier molecular flexibility index (Phi) is 8.81. The molecule has 9 nitrogen and oxygen atoms in total. The Morgan fingerprint density at radius 3 is 2.44 bits per heavy atom. The quantitative estimate of drug-likeness (QED) is 0.144. The number of allylic oxidation sites excluding steroid dienone is 3. The Morgan fingerprint density at radius 1 is 1.02 bits per heavy atom. The number of carbonyl (C=O) groups is 3. The van der Waals surface area contributed by atoms with Crippen molar-refractivity contribution in [3.63, 3.8) is 0 Å². The van der Waals surface area contributed by atoms with Crippen LogP contribution < -0.4 is 0 Å². The smallest absolute Gasteiger partial charge is 0.321 e. The molecule has 1 aliphatic carbocycles. The molecule has 8 bridgehead atoms. The van der Waals surface area contributed by atoms with Crippen LogP contribution in [0, 0.1) is 13.8 Å². The van der Waals surface area contributed by atoms with E-state index in [4.69, 9.17) is 19.4 Å². The highest BCUT2D eigenvalue weighted by molar-refractivity contribution is 6.23. The molecular formula is C39H42N4O5. The fourth-order valence-corrected chi connectivity index (χ4v) is 7.40. The number of hydrogen-bond donors (Lipinski definition) is 2. The minimum atomic E-state index is -1.17. The monoisotopic (exact) mass is 646 g/mol. The first-order valence-corrected chi connectivity index (χ1v) is 16.5. The van der Waals surface area contributed by atoms with E-state index in [1.807, 2.05) is 45.1 Å². The SMILES string of the molecule is C=Cc1c(C)c2cc3nc(c4c5[nH]c(cc6nc(cc1[nH]2)C(C)=C6CC)c(C)c5C(=O)C4C(=O)OC)[C@@H](CCC(=O)OC/C=C\C)C3C. The standard InChI is InChI=1S/C39H42N4O5/c1-9-12-15-48-32(44)14-13-25-21(6)28-16-26-19(4)23(10-2)30(40-26)17-27-20(5)24(11-3)31(41-27)18-29-22(7)33-37(43-29)34(36(25)42-28)35(38(33)45)39(46)47-8/h9-10,12,16-18,21,25,35,40,43H,2,11,13-15H2,1,3-8H3/b12-9-,26-16?,27-17?,28-16?,29-18?,30-17?,31-18?,36-34?/t21?,25-,35?/m0/s1. The Labute approximate surface area is 280 Å². The molecule has 0 spiro atoms. The number of esters is 2. The van der Waals surface area contributed by atoms with E-state index in [0.717, 1.165) is 67.9 Å². The number of aromatic nitrogens is 4. The van der Waals surface area contributed by atoms with E-state index in [9.17, 15) is 14.4 Å². The van der Waals surface area contributed by atoms with Gasteiger partial charge in [-0.05, 0) is 81.0 Å². The molecule has 2 aliphatic heterocycles. The van der Waals surface area contributed by atoms with Crippen LogP contribution in [0.4, 0.5) is 0 Å². The summed E-state index contributed by atoms with van der Waals surface area (Å²) in [5.41, 5.74) is 12.1. The number of aromatic amines is 2. The highest BCUT2D eigenvalue weighted by Gasteiger charge is 2.45. The second-order valence-corrected chi connectivity index (χ2v) is 12.7. The summed E-state index contributed by atoms with van der Waals surface area (Å²) < 4.78 is 10.6. The Hall–Kier alpha value is -5.05. The number of Topliss-reactive ketones (excluding diaryl/α,β-unsaturated/α-hetero) is 1. The van der Waals surface area contributed by atoms with Gasteiger partial charge in [0.2, 0.25) is 0 Å². The van der Waals surface area contributed by atoms with Gasteiger partial charge < -0.3 is 19.4 Å². The molecule has 5 heterocycles. The van der Waals surface area contributed by atoms with Crippen LogP contribution in [0.5, 0.6) is 0 Å². The van der Waals surface area contributed by atoms with E-state index < -0.39 is 11.9 Å². The molecular weight excluding hydrogens is 604 g/mol. The lowest BCUT2D eigenvalue weighted by atomic mass is 9.84. The van der Waals surface area contributed by atoms with Crippen LogP contribution in [0.1, 0.15) is 120 Å². The summed E-state index contributed by atoms with van der Waals surface area (Å²) in [6, 6.07) is 6.08. The first-order chi connectivity index (χ1) is 23.0. The number of fused-ring (bicyclic) bond motifs is 8. The number of hydrogen-bond acceptors (Lipinski definition) is 7. The first-order valence-electron chi connectivity index (χ1n) is 16.5. The summed E-state index contributed by atoms with van der Waals surface area (Å²) in [6.07, 6.45) is 6.82. The molecule has 3 atom stereocenters. The largest absolute Gasteiger partial charge is 0.468 e. The molecule has 3 aliphatic rings. The third-order valence-electron chi connectivity index (χ3n) is 10.1. The van der Waals surface area contributed by atoms with Gasteiger partial charge in [-0.3, -0.25) is 19.4 Å². The maximum Gasteiger partial charge on any atom is 0.321 e. The summed E-state index contributed by atoms with van der Waals surface area (Å²) in [6.45, 7) is 16.4. The Balaban J connectivity index is 1.71. The average molecular weight is 647 g/mol. The number of nitrogens with zero attached hydrogens (tertiary/aromatic N) is 2. The van der Waals surface area contributed by atoms with Crippen molar-refractivity contribution in [1.29, 1.82) is 0 Å². The van der Waals surface area contributed by atoms with Crippen molar-refractivity contribution in [1.82, 2.24) is 19.9 Å². The Bertz CT molecular complexity index is 2110. The maximum atomic E-state index is 14.2. The molecule has 3 aromatic rings. The lowest BCUT2D eigenvalue weighted by Crippen LogP contribution is -2.21. The van der Waals surface area contributed by atoms with Crippen molar-refractivity contribution in [2.24, 2.45) is 0 Å². The number of aryl methyl sites for hydroxylation is 2. The zero-order valence-electron chi connectivity index (χ0n) is 28.7.